The molecule has 4 rings (SSSR count). The van der Waals surface area contributed by atoms with Crippen LogP contribution in [0, 0.1) is 6.92 Å². The Morgan fingerprint density at radius 3 is 2.58 bits per heavy atom. The number of carbonyl (C=O) groups excluding carboxylic acids is 2. The van der Waals surface area contributed by atoms with Crippen molar-refractivity contribution in [2.24, 2.45) is 0 Å². The molecule has 0 radical (unpaired) electrons. The van der Waals surface area contributed by atoms with E-state index >= 15 is 0 Å². The van der Waals surface area contributed by atoms with Gasteiger partial charge in [-0.3, -0.25) is 14.6 Å². The van der Waals surface area contributed by atoms with E-state index < -0.39 is 21.5 Å². The molecule has 1 aliphatic rings. The number of amides is 2. The molecule has 38 heavy (non-hydrogen) atoms. The first-order chi connectivity index (χ1) is 18.1. The third-order valence-electron chi connectivity index (χ3n) is 6.42. The minimum atomic E-state index is -3.96. The summed E-state index contributed by atoms with van der Waals surface area (Å²) < 4.78 is 37.8. The maximum atomic E-state index is 13.9. The molecule has 0 aromatic carbocycles. The molecule has 13 heteroatoms. The van der Waals surface area contributed by atoms with Crippen molar-refractivity contribution in [1.82, 2.24) is 23.9 Å². The van der Waals surface area contributed by atoms with Crippen LogP contribution in [0.2, 0.25) is 0 Å². The molecule has 0 spiro atoms. The molecular formula is C25H31N5O6S2. The second kappa shape index (κ2) is 11.2. The summed E-state index contributed by atoms with van der Waals surface area (Å²) in [5.41, 5.74) is 0.0171. The molecule has 3 aromatic heterocycles. The fourth-order valence-electron chi connectivity index (χ4n) is 4.09. The van der Waals surface area contributed by atoms with E-state index in [1.807, 2.05) is 22.9 Å². The van der Waals surface area contributed by atoms with E-state index in [0.29, 0.717) is 53.6 Å². The third kappa shape index (κ3) is 6.05. The highest BCUT2D eigenvalue weighted by Gasteiger charge is 2.54. The quantitative estimate of drug-likeness (QED) is 0.357. The summed E-state index contributed by atoms with van der Waals surface area (Å²) in [6, 6.07) is 7.35. The van der Waals surface area contributed by atoms with Crippen molar-refractivity contribution in [1.29, 1.82) is 0 Å². The number of nitrogens with one attached hydrogen (secondary N) is 1. The number of hydrogen-bond acceptors (Lipinski definition) is 9. The van der Waals surface area contributed by atoms with E-state index in [9.17, 15) is 18.0 Å². The van der Waals surface area contributed by atoms with Crippen molar-refractivity contribution in [2.75, 3.05) is 27.7 Å². The van der Waals surface area contributed by atoms with Gasteiger partial charge in [-0.25, -0.2) is 9.71 Å². The number of aromatic nitrogens is 2. The van der Waals surface area contributed by atoms with Crippen molar-refractivity contribution >= 4 is 33.4 Å². The lowest BCUT2D eigenvalue weighted by Gasteiger charge is -2.26. The number of nitrogens with zero attached hydrogens (tertiary/aromatic N) is 4. The maximum Gasteiger partial charge on any atom is 0.303 e. The third-order valence-corrected chi connectivity index (χ3v) is 8.79. The molecule has 3 heterocycles. The second-order valence-electron chi connectivity index (χ2n) is 9.31. The van der Waals surface area contributed by atoms with Gasteiger partial charge in [0.1, 0.15) is 22.2 Å². The molecule has 1 saturated carbocycles. The van der Waals surface area contributed by atoms with Crippen molar-refractivity contribution in [3.05, 3.63) is 63.8 Å². The zero-order valence-electron chi connectivity index (χ0n) is 21.8. The number of thiazole rings is 1. The summed E-state index contributed by atoms with van der Waals surface area (Å²) in [6.45, 7) is 2.34. The predicted molar refractivity (Wildman–Crippen MR) is 141 cm³/mol. The van der Waals surface area contributed by atoms with Crippen molar-refractivity contribution in [2.45, 2.75) is 44.6 Å². The highest BCUT2D eigenvalue weighted by Crippen LogP contribution is 2.49. The van der Waals surface area contributed by atoms with Gasteiger partial charge in [0.25, 0.3) is 5.91 Å². The molecule has 0 unspecified atom stereocenters. The zero-order chi connectivity index (χ0) is 27.5. The molecule has 2 amide bonds. The van der Waals surface area contributed by atoms with Crippen molar-refractivity contribution < 1.29 is 27.2 Å². The number of rotatable bonds is 12. The molecule has 204 valence electrons. The molecule has 1 N–H and O–H groups in total. The molecule has 1 fully saturated rings. The molecule has 0 saturated heterocycles. The van der Waals surface area contributed by atoms with Gasteiger partial charge in [0.15, 0.2) is 0 Å². The van der Waals surface area contributed by atoms with Crippen LogP contribution in [0.4, 0.5) is 0 Å². The number of ether oxygens (including phenoxy) is 1. The van der Waals surface area contributed by atoms with Crippen LogP contribution in [-0.4, -0.2) is 67.2 Å². The van der Waals surface area contributed by atoms with Crippen LogP contribution >= 0.6 is 11.3 Å². The van der Waals surface area contributed by atoms with Crippen LogP contribution in [0.5, 0.6) is 5.75 Å². The van der Waals surface area contributed by atoms with E-state index in [2.05, 4.69) is 9.97 Å². The van der Waals surface area contributed by atoms with Gasteiger partial charge in [0.05, 0.1) is 37.2 Å². The van der Waals surface area contributed by atoms with E-state index in [1.165, 1.54) is 25.4 Å². The van der Waals surface area contributed by atoms with Crippen LogP contribution in [0.25, 0.3) is 0 Å². The summed E-state index contributed by atoms with van der Waals surface area (Å²) in [6.07, 6.45) is 5.94. The zero-order valence-corrected chi connectivity index (χ0v) is 23.4. The van der Waals surface area contributed by atoms with Crippen LogP contribution in [0.3, 0.4) is 0 Å². The average molecular weight is 562 g/mol. The second-order valence-corrected chi connectivity index (χ2v) is 12.5. The first kappa shape index (κ1) is 27.7. The molecule has 3 aromatic rings. The Bertz CT molecular complexity index is 1380. The van der Waals surface area contributed by atoms with Crippen LogP contribution in [0.15, 0.2) is 41.1 Å². The molecular weight excluding hydrogens is 530 g/mol. The topological polar surface area (TPSA) is 135 Å². The number of hydrogen-bond donors (Lipinski definition) is 1. The van der Waals surface area contributed by atoms with Gasteiger partial charge in [-0.1, -0.05) is 0 Å². The molecule has 11 nitrogen and oxygen atoms in total. The predicted octanol–water partition coefficient (Wildman–Crippen LogP) is 2.68. The SMILES string of the molecule is COc1ccc(C2(C(=O)N(CCCc3ccco3)Cc3nc(C(=O)NS(=O)(=O)N(C)C)c(C)s3)CC2)nc1. The standard InChI is InChI=1S/C25H31N5O6S2/c1-17-22(23(31)28-38(33,34)29(2)3)27-21(37-17)16-30(13-5-7-18-8-6-14-36-18)24(32)25(11-12-25)20-10-9-19(35-4)15-26-20/h6,8-10,14-15H,5,7,11-13,16H2,1-4H3,(H,28,31). The first-order valence-corrected chi connectivity index (χ1v) is 14.3. The highest BCUT2D eigenvalue weighted by atomic mass is 32.2. The molecule has 0 atom stereocenters. The van der Waals surface area contributed by atoms with E-state index in [-0.39, 0.29) is 18.1 Å². The Labute approximate surface area is 226 Å². The largest absolute Gasteiger partial charge is 0.495 e. The summed E-state index contributed by atoms with van der Waals surface area (Å²) in [5.74, 6) is 0.591. The number of pyridine rings is 1. The molecule has 1 aliphatic carbocycles. The number of aryl methyl sites for hydroxylation is 2. The molecule has 0 bridgehead atoms. The summed E-state index contributed by atoms with van der Waals surface area (Å²) in [7, 11) is 0.257. The summed E-state index contributed by atoms with van der Waals surface area (Å²) >= 11 is 1.26. The van der Waals surface area contributed by atoms with E-state index in [1.54, 1.807) is 37.5 Å². The molecule has 0 aliphatic heterocycles. The summed E-state index contributed by atoms with van der Waals surface area (Å²) in [4.78, 5) is 37.8. The Morgan fingerprint density at radius 1 is 1.24 bits per heavy atom. The average Bonchev–Trinajstić information content (AvgIpc) is 3.36. The number of methoxy groups -OCH3 is 1. The summed E-state index contributed by atoms with van der Waals surface area (Å²) in [5, 5.41) is 0.541. The number of furan rings is 1. The van der Waals surface area contributed by atoms with Crippen LogP contribution < -0.4 is 9.46 Å². The fraction of sp³-hybridized carbons (Fsp3) is 0.440. The van der Waals surface area contributed by atoms with Gasteiger partial charge in [0.2, 0.25) is 5.91 Å². The number of carbonyl (C=O) groups is 2. The van der Waals surface area contributed by atoms with Gasteiger partial charge >= 0.3 is 10.2 Å². The Hall–Kier alpha value is -3.29. The van der Waals surface area contributed by atoms with Gasteiger partial charge < -0.3 is 14.1 Å². The Balaban J connectivity index is 1.55. The van der Waals surface area contributed by atoms with Gasteiger partial charge in [-0.15, -0.1) is 11.3 Å². The minimum absolute atomic E-state index is 0.0244. The van der Waals surface area contributed by atoms with Gasteiger partial charge in [-0.2, -0.15) is 12.7 Å². The van der Waals surface area contributed by atoms with Crippen molar-refractivity contribution in [3.63, 3.8) is 0 Å². The minimum Gasteiger partial charge on any atom is -0.495 e. The smallest absolute Gasteiger partial charge is 0.303 e. The van der Waals surface area contributed by atoms with Gasteiger partial charge in [0, 0.05) is 31.9 Å². The highest BCUT2D eigenvalue weighted by molar-refractivity contribution is 7.87. The monoisotopic (exact) mass is 561 g/mol. The lowest BCUT2D eigenvalue weighted by Crippen LogP contribution is -2.40. The van der Waals surface area contributed by atoms with Crippen LogP contribution in [-0.2, 0) is 33.4 Å². The Morgan fingerprint density at radius 2 is 2.00 bits per heavy atom. The maximum absolute atomic E-state index is 13.9. The Kier molecular flexibility index (Phi) is 8.19. The van der Waals surface area contributed by atoms with Crippen LogP contribution in [0.1, 0.15) is 51.1 Å². The van der Waals surface area contributed by atoms with E-state index in [0.717, 1.165) is 10.1 Å². The fourth-order valence-corrected chi connectivity index (χ4v) is 5.55. The lowest BCUT2D eigenvalue weighted by atomic mass is 9.99. The first-order valence-electron chi connectivity index (χ1n) is 12.1. The normalized spacial score (nSPS) is 14.3. The lowest BCUT2D eigenvalue weighted by molar-refractivity contribution is -0.134. The van der Waals surface area contributed by atoms with Gasteiger partial charge in [-0.05, 0) is 50.5 Å². The van der Waals surface area contributed by atoms with Crippen molar-refractivity contribution in [3.8, 4) is 5.75 Å². The van der Waals surface area contributed by atoms with E-state index in [4.69, 9.17) is 9.15 Å².